The first-order valence-electron chi connectivity index (χ1n) is 8.36. The first-order chi connectivity index (χ1) is 12.2. The molecule has 1 aliphatic carbocycles. The normalized spacial score (nSPS) is 13.3. The molecule has 0 radical (unpaired) electrons. The average Bonchev–Trinajstić information content (AvgIpc) is 3.30. The van der Waals surface area contributed by atoms with Crippen molar-refractivity contribution in [1.82, 2.24) is 9.88 Å². The molecule has 132 valence electrons. The number of nitrogens with zero attached hydrogens (tertiary/aromatic N) is 2. The lowest BCUT2D eigenvalue weighted by Gasteiger charge is -2.21. The SMILES string of the molecule is CCOC(=O)Cc1ccc(NC(=O)N(Cc2nccs2)C2CC2)cc1. The number of benzene rings is 1. The topological polar surface area (TPSA) is 71.5 Å². The summed E-state index contributed by atoms with van der Waals surface area (Å²) in [7, 11) is 0. The van der Waals surface area contributed by atoms with Crippen molar-refractivity contribution >= 4 is 29.0 Å². The van der Waals surface area contributed by atoms with Gasteiger partial charge in [-0.3, -0.25) is 4.79 Å². The molecule has 0 unspecified atom stereocenters. The molecule has 0 aliphatic heterocycles. The van der Waals surface area contributed by atoms with Crippen LogP contribution >= 0.6 is 11.3 Å². The zero-order valence-corrected chi connectivity index (χ0v) is 14.9. The smallest absolute Gasteiger partial charge is 0.322 e. The Labute approximate surface area is 150 Å². The van der Waals surface area contributed by atoms with Crippen LogP contribution in [-0.2, 0) is 22.5 Å². The van der Waals surface area contributed by atoms with Gasteiger partial charge in [0.2, 0.25) is 0 Å². The third-order valence-corrected chi connectivity index (χ3v) is 4.66. The van der Waals surface area contributed by atoms with E-state index >= 15 is 0 Å². The second-order valence-electron chi connectivity index (χ2n) is 5.89. The van der Waals surface area contributed by atoms with Crippen LogP contribution < -0.4 is 5.32 Å². The van der Waals surface area contributed by atoms with Gasteiger partial charge in [-0.05, 0) is 37.5 Å². The van der Waals surface area contributed by atoms with Gasteiger partial charge in [0, 0.05) is 23.3 Å². The third-order valence-electron chi connectivity index (χ3n) is 3.90. The van der Waals surface area contributed by atoms with Gasteiger partial charge < -0.3 is 15.0 Å². The lowest BCUT2D eigenvalue weighted by molar-refractivity contribution is -0.142. The van der Waals surface area contributed by atoms with Crippen LogP contribution in [0.5, 0.6) is 0 Å². The lowest BCUT2D eigenvalue weighted by atomic mass is 10.1. The monoisotopic (exact) mass is 359 g/mol. The highest BCUT2D eigenvalue weighted by Crippen LogP contribution is 2.29. The summed E-state index contributed by atoms with van der Waals surface area (Å²) in [5.41, 5.74) is 1.57. The van der Waals surface area contributed by atoms with Crippen molar-refractivity contribution in [3.63, 3.8) is 0 Å². The Morgan fingerprint density at radius 2 is 2.08 bits per heavy atom. The summed E-state index contributed by atoms with van der Waals surface area (Å²) >= 11 is 1.56. The lowest BCUT2D eigenvalue weighted by Crippen LogP contribution is -2.36. The highest BCUT2D eigenvalue weighted by Gasteiger charge is 2.33. The maximum atomic E-state index is 12.6. The number of hydrogen-bond donors (Lipinski definition) is 1. The number of ether oxygens (including phenoxy) is 1. The van der Waals surface area contributed by atoms with Crippen LogP contribution in [0.25, 0.3) is 0 Å². The van der Waals surface area contributed by atoms with E-state index in [2.05, 4.69) is 10.3 Å². The highest BCUT2D eigenvalue weighted by atomic mass is 32.1. The average molecular weight is 359 g/mol. The standard InChI is InChI=1S/C18H21N3O3S/c1-2-24-17(22)11-13-3-5-14(6-4-13)20-18(23)21(15-7-8-15)12-16-19-9-10-25-16/h3-6,9-10,15H,2,7-8,11-12H2,1H3,(H,20,23). The second kappa shape index (κ2) is 8.11. The first kappa shape index (κ1) is 17.4. The number of nitrogens with one attached hydrogen (secondary N) is 1. The Morgan fingerprint density at radius 1 is 1.32 bits per heavy atom. The van der Waals surface area contributed by atoms with Crippen molar-refractivity contribution in [3.8, 4) is 0 Å². The molecule has 0 saturated heterocycles. The Morgan fingerprint density at radius 3 is 2.68 bits per heavy atom. The molecular formula is C18H21N3O3S. The number of urea groups is 1. The molecule has 1 aromatic carbocycles. The molecule has 3 rings (SSSR count). The van der Waals surface area contributed by atoms with Gasteiger partial charge >= 0.3 is 12.0 Å². The number of aromatic nitrogens is 1. The molecular weight excluding hydrogens is 338 g/mol. The van der Waals surface area contributed by atoms with Gasteiger partial charge in [0.05, 0.1) is 19.6 Å². The minimum Gasteiger partial charge on any atom is -0.466 e. The van der Waals surface area contributed by atoms with Gasteiger partial charge in [-0.2, -0.15) is 0 Å². The van der Waals surface area contributed by atoms with Crippen LogP contribution in [0, 0.1) is 0 Å². The van der Waals surface area contributed by atoms with Crippen molar-refractivity contribution in [2.45, 2.75) is 38.8 Å². The van der Waals surface area contributed by atoms with Crippen molar-refractivity contribution in [3.05, 3.63) is 46.4 Å². The largest absolute Gasteiger partial charge is 0.466 e. The van der Waals surface area contributed by atoms with Crippen LogP contribution in [0.2, 0.25) is 0 Å². The predicted octanol–water partition coefficient (Wildman–Crippen LogP) is 3.45. The van der Waals surface area contributed by atoms with Crippen LogP contribution in [0.1, 0.15) is 30.3 Å². The Kier molecular flexibility index (Phi) is 5.65. The number of thiazole rings is 1. The van der Waals surface area contributed by atoms with Crippen LogP contribution in [0.4, 0.5) is 10.5 Å². The molecule has 2 aromatic rings. The number of rotatable bonds is 7. The Bertz CT molecular complexity index is 712. The summed E-state index contributed by atoms with van der Waals surface area (Å²) in [5, 5.41) is 5.78. The van der Waals surface area contributed by atoms with E-state index in [0.29, 0.717) is 24.9 Å². The molecule has 1 fully saturated rings. The Balaban J connectivity index is 1.58. The van der Waals surface area contributed by atoms with E-state index in [1.807, 2.05) is 22.4 Å². The van der Waals surface area contributed by atoms with Crippen molar-refractivity contribution in [2.24, 2.45) is 0 Å². The van der Waals surface area contributed by atoms with Gasteiger partial charge in [-0.15, -0.1) is 11.3 Å². The minimum absolute atomic E-state index is 0.115. The van der Waals surface area contributed by atoms with Crippen molar-refractivity contribution in [1.29, 1.82) is 0 Å². The summed E-state index contributed by atoms with van der Waals surface area (Å²) in [4.78, 5) is 30.2. The summed E-state index contributed by atoms with van der Waals surface area (Å²) in [5.74, 6) is -0.248. The first-order valence-corrected chi connectivity index (χ1v) is 9.24. The molecule has 0 atom stereocenters. The molecule has 1 heterocycles. The number of amides is 2. The van der Waals surface area contributed by atoms with E-state index in [1.54, 1.807) is 36.6 Å². The fraction of sp³-hybridized carbons (Fsp3) is 0.389. The maximum Gasteiger partial charge on any atom is 0.322 e. The highest BCUT2D eigenvalue weighted by molar-refractivity contribution is 7.09. The molecule has 25 heavy (non-hydrogen) atoms. The number of carbonyl (C=O) groups excluding carboxylic acids is 2. The van der Waals surface area contributed by atoms with Crippen LogP contribution in [-0.4, -0.2) is 34.5 Å². The van der Waals surface area contributed by atoms with Gasteiger partial charge in [-0.1, -0.05) is 12.1 Å². The predicted molar refractivity (Wildman–Crippen MR) is 96.5 cm³/mol. The summed E-state index contributed by atoms with van der Waals surface area (Å²) in [6.07, 6.45) is 4.07. The number of anilines is 1. The van der Waals surface area contributed by atoms with E-state index in [-0.39, 0.29) is 18.4 Å². The molecule has 1 saturated carbocycles. The Hall–Kier alpha value is -2.41. The molecule has 7 heteroatoms. The molecule has 1 aliphatic rings. The summed E-state index contributed by atoms with van der Waals surface area (Å²) < 4.78 is 4.93. The maximum absolute atomic E-state index is 12.6. The van der Waals surface area contributed by atoms with E-state index in [0.717, 1.165) is 23.4 Å². The third kappa shape index (κ3) is 5.03. The van der Waals surface area contributed by atoms with Gasteiger partial charge in [-0.25, -0.2) is 9.78 Å². The zero-order valence-electron chi connectivity index (χ0n) is 14.1. The number of esters is 1. The minimum atomic E-state index is -0.248. The van der Waals surface area contributed by atoms with Crippen molar-refractivity contribution < 1.29 is 14.3 Å². The molecule has 2 amide bonds. The number of hydrogen-bond acceptors (Lipinski definition) is 5. The molecule has 0 spiro atoms. The van der Waals surface area contributed by atoms with Crippen molar-refractivity contribution in [2.75, 3.05) is 11.9 Å². The zero-order chi connectivity index (χ0) is 17.6. The van der Waals surface area contributed by atoms with E-state index in [4.69, 9.17) is 4.74 Å². The van der Waals surface area contributed by atoms with Gasteiger partial charge in [0.1, 0.15) is 5.01 Å². The van der Waals surface area contributed by atoms with Crippen LogP contribution in [0.15, 0.2) is 35.8 Å². The van der Waals surface area contributed by atoms with E-state index in [1.165, 1.54) is 0 Å². The second-order valence-corrected chi connectivity index (χ2v) is 6.87. The fourth-order valence-electron chi connectivity index (χ4n) is 2.51. The van der Waals surface area contributed by atoms with Gasteiger partial charge in [0.25, 0.3) is 0 Å². The van der Waals surface area contributed by atoms with Crippen LogP contribution in [0.3, 0.4) is 0 Å². The van der Waals surface area contributed by atoms with Gasteiger partial charge in [0.15, 0.2) is 0 Å². The molecule has 6 nitrogen and oxygen atoms in total. The van der Waals surface area contributed by atoms with E-state index in [9.17, 15) is 9.59 Å². The van der Waals surface area contributed by atoms with E-state index < -0.39 is 0 Å². The summed E-state index contributed by atoms with van der Waals surface area (Å²) in [6.45, 7) is 2.70. The molecule has 1 aromatic heterocycles. The fourth-order valence-corrected chi connectivity index (χ4v) is 3.12. The number of carbonyl (C=O) groups is 2. The molecule has 0 bridgehead atoms. The molecule has 1 N–H and O–H groups in total. The quantitative estimate of drug-likeness (QED) is 0.769. The summed E-state index contributed by atoms with van der Waals surface area (Å²) in [6, 6.07) is 7.45.